The third kappa shape index (κ3) is 4.93. The van der Waals surface area contributed by atoms with E-state index in [9.17, 15) is 4.79 Å². The van der Waals surface area contributed by atoms with Crippen molar-refractivity contribution in [2.24, 2.45) is 5.10 Å². The highest BCUT2D eigenvalue weighted by Crippen LogP contribution is 2.24. The van der Waals surface area contributed by atoms with E-state index < -0.39 is 6.10 Å². The average Bonchev–Trinajstić information content (AvgIpc) is 2.92. The fourth-order valence-corrected chi connectivity index (χ4v) is 2.84. The van der Waals surface area contributed by atoms with E-state index in [0.29, 0.717) is 5.75 Å². The second kappa shape index (κ2) is 7.62. The number of rotatable bonds is 5. The van der Waals surface area contributed by atoms with E-state index in [1.54, 1.807) is 24.5 Å². The van der Waals surface area contributed by atoms with Crippen LogP contribution in [-0.4, -0.2) is 18.2 Å². The van der Waals surface area contributed by atoms with Crippen LogP contribution in [0.15, 0.2) is 40.8 Å². The van der Waals surface area contributed by atoms with Gasteiger partial charge in [0.1, 0.15) is 5.75 Å². The highest BCUT2D eigenvalue weighted by Gasteiger charge is 2.16. The largest absolute Gasteiger partial charge is 0.481 e. The number of carbonyl (C=O) groups excluding carboxylic acids is 1. The first-order valence-corrected chi connectivity index (χ1v) is 8.79. The first-order valence-electron chi connectivity index (χ1n) is 7.91. The molecule has 0 radical (unpaired) electrons. The molecule has 0 spiro atoms. The van der Waals surface area contributed by atoms with Gasteiger partial charge < -0.3 is 4.74 Å². The van der Waals surface area contributed by atoms with Crippen molar-refractivity contribution in [3.05, 3.63) is 51.7 Å². The third-order valence-corrected chi connectivity index (χ3v) is 4.61. The lowest BCUT2D eigenvalue weighted by molar-refractivity contribution is -0.127. The van der Waals surface area contributed by atoms with Crippen molar-refractivity contribution in [1.29, 1.82) is 0 Å². The number of amides is 1. The molecular formula is C19H24N2O2S. The number of nitrogens with zero attached hydrogens (tertiary/aromatic N) is 1. The Kier molecular flexibility index (Phi) is 5.78. The lowest BCUT2D eigenvalue weighted by atomic mass is 9.87. The Morgan fingerprint density at radius 2 is 1.92 bits per heavy atom. The van der Waals surface area contributed by atoms with Crippen LogP contribution in [0.1, 0.15) is 43.7 Å². The molecule has 1 heterocycles. The van der Waals surface area contributed by atoms with Gasteiger partial charge in [0, 0.05) is 4.88 Å². The number of hydrogen-bond donors (Lipinski definition) is 1. The van der Waals surface area contributed by atoms with Gasteiger partial charge in [-0.05, 0) is 54.0 Å². The molecule has 1 aromatic carbocycles. The van der Waals surface area contributed by atoms with Crippen molar-refractivity contribution in [2.75, 3.05) is 0 Å². The Morgan fingerprint density at radius 1 is 1.25 bits per heavy atom. The summed E-state index contributed by atoms with van der Waals surface area (Å²) >= 11 is 1.58. The number of aryl methyl sites for hydroxylation is 1. The van der Waals surface area contributed by atoms with Crippen LogP contribution in [0.2, 0.25) is 0 Å². The molecule has 128 valence electrons. The number of carbonyl (C=O) groups is 1. The van der Waals surface area contributed by atoms with Gasteiger partial charge in [-0.15, -0.1) is 11.3 Å². The first-order chi connectivity index (χ1) is 11.3. The van der Waals surface area contributed by atoms with E-state index in [1.807, 2.05) is 42.6 Å². The van der Waals surface area contributed by atoms with Crippen molar-refractivity contribution < 1.29 is 9.53 Å². The van der Waals surface area contributed by atoms with Crippen LogP contribution in [0.3, 0.4) is 0 Å². The molecule has 1 amide bonds. The zero-order valence-electron chi connectivity index (χ0n) is 14.8. The van der Waals surface area contributed by atoms with E-state index in [-0.39, 0.29) is 11.3 Å². The number of hydrazone groups is 1. The monoisotopic (exact) mass is 344 g/mol. The molecule has 2 rings (SSSR count). The van der Waals surface area contributed by atoms with Crippen LogP contribution < -0.4 is 10.2 Å². The van der Waals surface area contributed by atoms with Gasteiger partial charge in [-0.2, -0.15) is 5.10 Å². The van der Waals surface area contributed by atoms with Crippen molar-refractivity contribution in [1.82, 2.24) is 5.43 Å². The van der Waals surface area contributed by atoms with Crippen molar-refractivity contribution in [2.45, 2.75) is 46.1 Å². The van der Waals surface area contributed by atoms with Crippen LogP contribution in [-0.2, 0) is 10.2 Å². The Morgan fingerprint density at radius 3 is 2.46 bits per heavy atom. The zero-order valence-corrected chi connectivity index (χ0v) is 15.6. The summed E-state index contributed by atoms with van der Waals surface area (Å²) < 4.78 is 5.67. The number of ether oxygens (including phenoxy) is 1. The van der Waals surface area contributed by atoms with Gasteiger partial charge in [0.15, 0.2) is 6.10 Å². The van der Waals surface area contributed by atoms with Crippen molar-refractivity contribution >= 4 is 23.5 Å². The third-order valence-electron chi connectivity index (χ3n) is 3.66. The molecule has 0 fully saturated rings. The molecule has 0 saturated heterocycles. The SMILES string of the molecule is Cc1ccsc1/C=N/NC(=O)C(C)Oc1ccc(C(C)(C)C)cc1. The fraction of sp³-hybridized carbons (Fsp3) is 0.368. The van der Waals surface area contributed by atoms with Crippen LogP contribution in [0.4, 0.5) is 0 Å². The number of nitrogens with one attached hydrogen (secondary N) is 1. The lowest BCUT2D eigenvalue weighted by Gasteiger charge is -2.19. The predicted octanol–water partition coefficient (Wildman–Crippen LogP) is 4.27. The summed E-state index contributed by atoms with van der Waals surface area (Å²) in [4.78, 5) is 13.1. The highest BCUT2D eigenvalue weighted by molar-refractivity contribution is 7.11. The lowest BCUT2D eigenvalue weighted by Crippen LogP contribution is -2.33. The van der Waals surface area contributed by atoms with Crippen LogP contribution in [0.5, 0.6) is 5.75 Å². The molecule has 0 saturated carbocycles. The van der Waals surface area contributed by atoms with Gasteiger partial charge >= 0.3 is 0 Å². The molecule has 24 heavy (non-hydrogen) atoms. The summed E-state index contributed by atoms with van der Waals surface area (Å²) in [6.45, 7) is 10.2. The number of thiophene rings is 1. The molecule has 1 unspecified atom stereocenters. The minimum absolute atomic E-state index is 0.0934. The standard InChI is InChI=1S/C19H24N2O2S/c1-13-10-11-24-17(13)12-20-21-18(22)14(2)23-16-8-6-15(7-9-16)19(3,4)5/h6-12,14H,1-5H3,(H,21,22)/b20-12+. The summed E-state index contributed by atoms with van der Waals surface area (Å²) in [6.07, 6.45) is 1.04. The van der Waals surface area contributed by atoms with E-state index in [4.69, 9.17) is 4.74 Å². The van der Waals surface area contributed by atoms with Crippen LogP contribution >= 0.6 is 11.3 Å². The molecule has 1 atom stereocenters. The van der Waals surface area contributed by atoms with E-state index in [0.717, 1.165) is 10.4 Å². The number of benzene rings is 1. The van der Waals surface area contributed by atoms with Gasteiger partial charge in [-0.3, -0.25) is 4.79 Å². The van der Waals surface area contributed by atoms with Gasteiger partial charge in [-0.1, -0.05) is 32.9 Å². The Hall–Kier alpha value is -2.14. The van der Waals surface area contributed by atoms with Crippen molar-refractivity contribution in [3.8, 4) is 5.75 Å². The molecule has 2 aromatic rings. The molecule has 0 aliphatic rings. The second-order valence-electron chi connectivity index (χ2n) is 6.74. The summed E-state index contributed by atoms with van der Waals surface area (Å²) in [5.74, 6) is 0.393. The fourth-order valence-electron chi connectivity index (χ4n) is 2.05. The molecular weight excluding hydrogens is 320 g/mol. The normalized spacial score (nSPS) is 13.0. The Bertz CT molecular complexity index is 712. The van der Waals surface area contributed by atoms with Gasteiger partial charge in [0.05, 0.1) is 6.21 Å². The summed E-state index contributed by atoms with van der Waals surface area (Å²) in [7, 11) is 0. The van der Waals surface area contributed by atoms with Gasteiger partial charge in [-0.25, -0.2) is 5.43 Å². The Balaban J connectivity index is 1.89. The first kappa shape index (κ1) is 18.2. The molecule has 0 aliphatic carbocycles. The molecule has 0 aliphatic heterocycles. The van der Waals surface area contributed by atoms with Crippen LogP contribution in [0.25, 0.3) is 0 Å². The van der Waals surface area contributed by atoms with Crippen molar-refractivity contribution in [3.63, 3.8) is 0 Å². The summed E-state index contributed by atoms with van der Waals surface area (Å²) in [5.41, 5.74) is 4.97. The summed E-state index contributed by atoms with van der Waals surface area (Å²) in [6, 6.07) is 9.85. The highest BCUT2D eigenvalue weighted by atomic mass is 32.1. The maximum absolute atomic E-state index is 12.0. The minimum atomic E-state index is -0.618. The smallest absolute Gasteiger partial charge is 0.280 e. The zero-order chi connectivity index (χ0) is 17.7. The van der Waals surface area contributed by atoms with Crippen LogP contribution in [0, 0.1) is 6.92 Å². The van der Waals surface area contributed by atoms with Gasteiger partial charge in [0.2, 0.25) is 0 Å². The quantitative estimate of drug-likeness (QED) is 0.650. The molecule has 1 N–H and O–H groups in total. The van der Waals surface area contributed by atoms with E-state index in [1.165, 1.54) is 5.56 Å². The molecule has 0 bridgehead atoms. The molecule has 1 aromatic heterocycles. The minimum Gasteiger partial charge on any atom is -0.481 e. The second-order valence-corrected chi connectivity index (χ2v) is 7.68. The average molecular weight is 344 g/mol. The Labute approximate surface area is 147 Å². The van der Waals surface area contributed by atoms with Gasteiger partial charge in [0.25, 0.3) is 5.91 Å². The summed E-state index contributed by atoms with van der Waals surface area (Å²) in [5, 5.41) is 5.98. The molecule has 5 heteroatoms. The number of hydrogen-bond acceptors (Lipinski definition) is 4. The maximum atomic E-state index is 12.0. The predicted molar refractivity (Wildman–Crippen MR) is 100 cm³/mol. The molecule has 4 nitrogen and oxygen atoms in total. The van der Waals surface area contributed by atoms with E-state index >= 15 is 0 Å². The van der Waals surface area contributed by atoms with E-state index in [2.05, 4.69) is 31.3 Å². The topological polar surface area (TPSA) is 50.7 Å². The maximum Gasteiger partial charge on any atom is 0.280 e.